The van der Waals surface area contributed by atoms with Gasteiger partial charge in [-0.05, 0) is 25.1 Å². The molecule has 0 aliphatic carbocycles. The predicted molar refractivity (Wildman–Crippen MR) is 65.6 cm³/mol. The number of ether oxygens (including phenoxy) is 1. The molecule has 0 radical (unpaired) electrons. The molecule has 0 unspecified atom stereocenters. The Morgan fingerprint density at radius 2 is 2.28 bits per heavy atom. The molecule has 1 aromatic heterocycles. The first-order valence-corrected chi connectivity index (χ1v) is 6.00. The van der Waals surface area contributed by atoms with E-state index in [0.717, 1.165) is 0 Å². The van der Waals surface area contributed by atoms with Gasteiger partial charge in [-0.1, -0.05) is 21.1 Å². The molecular formula is C12H9BrFNO3. The van der Waals surface area contributed by atoms with Gasteiger partial charge in [-0.3, -0.25) is 0 Å². The molecule has 4 nitrogen and oxygen atoms in total. The second-order valence-electron chi connectivity index (χ2n) is 3.42. The van der Waals surface area contributed by atoms with E-state index in [9.17, 15) is 9.18 Å². The molecule has 0 saturated heterocycles. The van der Waals surface area contributed by atoms with Crippen molar-refractivity contribution >= 4 is 21.9 Å². The Morgan fingerprint density at radius 3 is 3.00 bits per heavy atom. The fourth-order valence-corrected chi connectivity index (χ4v) is 1.75. The van der Waals surface area contributed by atoms with E-state index in [2.05, 4.69) is 21.1 Å². The summed E-state index contributed by atoms with van der Waals surface area (Å²) >= 11 is 3.23. The summed E-state index contributed by atoms with van der Waals surface area (Å²) in [6.07, 6.45) is 0. The van der Waals surface area contributed by atoms with Crippen LogP contribution < -0.4 is 0 Å². The van der Waals surface area contributed by atoms with Crippen LogP contribution >= 0.6 is 15.9 Å². The van der Waals surface area contributed by atoms with Crippen LogP contribution in [0.25, 0.3) is 11.3 Å². The average Bonchev–Trinajstić information content (AvgIpc) is 2.82. The van der Waals surface area contributed by atoms with Crippen molar-refractivity contribution in [2.24, 2.45) is 0 Å². The van der Waals surface area contributed by atoms with Crippen LogP contribution in [-0.4, -0.2) is 17.7 Å². The van der Waals surface area contributed by atoms with E-state index >= 15 is 0 Å². The number of aromatic nitrogens is 1. The zero-order valence-electron chi connectivity index (χ0n) is 9.44. The highest BCUT2D eigenvalue weighted by molar-refractivity contribution is 9.10. The Labute approximate surface area is 111 Å². The fourth-order valence-electron chi connectivity index (χ4n) is 1.39. The first-order valence-electron chi connectivity index (χ1n) is 5.21. The van der Waals surface area contributed by atoms with Gasteiger partial charge >= 0.3 is 5.97 Å². The lowest BCUT2D eigenvalue weighted by molar-refractivity contribution is 0.0514. The number of nitrogens with zero attached hydrogens (tertiary/aromatic N) is 1. The first kappa shape index (κ1) is 12.8. The molecule has 2 aromatic rings. The Kier molecular flexibility index (Phi) is 3.76. The van der Waals surface area contributed by atoms with Gasteiger partial charge in [0.2, 0.25) is 0 Å². The number of hydrogen-bond acceptors (Lipinski definition) is 4. The second-order valence-corrected chi connectivity index (χ2v) is 4.34. The van der Waals surface area contributed by atoms with E-state index in [-0.39, 0.29) is 23.6 Å². The highest BCUT2D eigenvalue weighted by Crippen LogP contribution is 2.26. The second kappa shape index (κ2) is 5.30. The highest BCUT2D eigenvalue weighted by Gasteiger charge is 2.16. The van der Waals surface area contributed by atoms with Crippen molar-refractivity contribution in [1.29, 1.82) is 0 Å². The van der Waals surface area contributed by atoms with Crippen LogP contribution in [0.3, 0.4) is 0 Å². The molecule has 0 saturated carbocycles. The summed E-state index contributed by atoms with van der Waals surface area (Å²) in [4.78, 5) is 11.4. The number of benzene rings is 1. The topological polar surface area (TPSA) is 52.3 Å². The van der Waals surface area contributed by atoms with Crippen LogP contribution in [0.1, 0.15) is 17.4 Å². The number of carbonyl (C=O) groups excluding carboxylic acids is 1. The van der Waals surface area contributed by atoms with Gasteiger partial charge in [0.25, 0.3) is 0 Å². The SMILES string of the molecule is CCOC(=O)c1cc(-c2cc(Br)ccc2F)on1. The Hall–Kier alpha value is -1.69. The molecular weight excluding hydrogens is 305 g/mol. The fraction of sp³-hybridized carbons (Fsp3) is 0.167. The average molecular weight is 314 g/mol. The Balaban J connectivity index is 2.35. The molecule has 1 aromatic carbocycles. The third kappa shape index (κ3) is 2.59. The smallest absolute Gasteiger partial charge is 0.360 e. The number of rotatable bonds is 3. The molecule has 0 amide bonds. The maximum Gasteiger partial charge on any atom is 0.360 e. The molecule has 0 atom stereocenters. The monoisotopic (exact) mass is 313 g/mol. The van der Waals surface area contributed by atoms with Crippen LogP contribution in [0.4, 0.5) is 4.39 Å². The first-order chi connectivity index (χ1) is 8.61. The van der Waals surface area contributed by atoms with E-state index in [1.165, 1.54) is 12.1 Å². The van der Waals surface area contributed by atoms with Gasteiger partial charge in [0.1, 0.15) is 5.82 Å². The van der Waals surface area contributed by atoms with Crippen molar-refractivity contribution in [1.82, 2.24) is 5.16 Å². The molecule has 0 bridgehead atoms. The van der Waals surface area contributed by atoms with E-state index < -0.39 is 11.8 Å². The van der Waals surface area contributed by atoms with Gasteiger partial charge in [-0.15, -0.1) is 0 Å². The molecule has 2 rings (SSSR count). The van der Waals surface area contributed by atoms with Crippen molar-refractivity contribution in [3.8, 4) is 11.3 Å². The Morgan fingerprint density at radius 1 is 1.50 bits per heavy atom. The molecule has 94 valence electrons. The van der Waals surface area contributed by atoms with Gasteiger partial charge in [0.15, 0.2) is 11.5 Å². The van der Waals surface area contributed by atoms with Gasteiger partial charge in [-0.2, -0.15) is 0 Å². The van der Waals surface area contributed by atoms with Gasteiger partial charge in [0, 0.05) is 10.5 Å². The number of hydrogen-bond donors (Lipinski definition) is 0. The zero-order chi connectivity index (χ0) is 13.1. The maximum absolute atomic E-state index is 13.6. The van der Waals surface area contributed by atoms with E-state index in [1.807, 2.05) is 0 Å². The lowest BCUT2D eigenvalue weighted by Gasteiger charge is -1.98. The van der Waals surface area contributed by atoms with E-state index in [4.69, 9.17) is 9.26 Å². The number of carbonyl (C=O) groups is 1. The number of halogens is 2. The third-order valence-electron chi connectivity index (χ3n) is 2.19. The molecule has 6 heteroatoms. The minimum absolute atomic E-state index is 0.0197. The van der Waals surface area contributed by atoms with Gasteiger partial charge in [0.05, 0.1) is 12.2 Å². The number of esters is 1. The van der Waals surface area contributed by atoms with Crippen molar-refractivity contribution in [2.45, 2.75) is 6.92 Å². The summed E-state index contributed by atoms with van der Waals surface area (Å²) in [6, 6.07) is 5.76. The Bertz CT molecular complexity index is 582. The van der Waals surface area contributed by atoms with Gasteiger partial charge < -0.3 is 9.26 Å². The third-order valence-corrected chi connectivity index (χ3v) is 2.68. The van der Waals surface area contributed by atoms with Crippen LogP contribution in [0.15, 0.2) is 33.3 Å². The van der Waals surface area contributed by atoms with Gasteiger partial charge in [-0.25, -0.2) is 9.18 Å². The van der Waals surface area contributed by atoms with Crippen LogP contribution in [0.5, 0.6) is 0 Å². The molecule has 0 aliphatic rings. The van der Waals surface area contributed by atoms with Crippen LogP contribution in [0.2, 0.25) is 0 Å². The van der Waals surface area contributed by atoms with E-state index in [0.29, 0.717) is 4.47 Å². The van der Waals surface area contributed by atoms with Crippen LogP contribution in [0, 0.1) is 5.82 Å². The summed E-state index contributed by atoms with van der Waals surface area (Å²) in [6.45, 7) is 1.93. The maximum atomic E-state index is 13.6. The normalized spacial score (nSPS) is 10.4. The van der Waals surface area contributed by atoms with Crippen molar-refractivity contribution in [3.05, 3.63) is 40.2 Å². The molecule has 0 aliphatic heterocycles. The van der Waals surface area contributed by atoms with E-state index in [1.54, 1.807) is 19.1 Å². The quantitative estimate of drug-likeness (QED) is 0.815. The van der Waals surface area contributed by atoms with Crippen molar-refractivity contribution in [3.63, 3.8) is 0 Å². The minimum atomic E-state index is -0.595. The minimum Gasteiger partial charge on any atom is -0.461 e. The molecule has 0 N–H and O–H groups in total. The van der Waals surface area contributed by atoms with Crippen LogP contribution in [-0.2, 0) is 4.74 Å². The molecule has 1 heterocycles. The summed E-state index contributed by atoms with van der Waals surface area (Å²) < 4.78 is 24.0. The standard InChI is InChI=1S/C12H9BrFNO3/c1-2-17-12(16)10-6-11(18-15-10)8-5-7(13)3-4-9(8)14/h3-6H,2H2,1H3. The predicted octanol–water partition coefficient (Wildman–Crippen LogP) is 3.42. The summed E-state index contributed by atoms with van der Waals surface area (Å²) in [7, 11) is 0. The zero-order valence-corrected chi connectivity index (χ0v) is 11.0. The largest absolute Gasteiger partial charge is 0.461 e. The van der Waals surface area contributed by atoms with Crippen molar-refractivity contribution in [2.75, 3.05) is 6.61 Å². The van der Waals surface area contributed by atoms with Crippen molar-refractivity contribution < 1.29 is 18.4 Å². The highest BCUT2D eigenvalue weighted by atomic mass is 79.9. The lowest BCUT2D eigenvalue weighted by Crippen LogP contribution is -2.04. The molecule has 18 heavy (non-hydrogen) atoms. The summed E-state index contributed by atoms with van der Waals surface area (Å²) in [5.41, 5.74) is 0.249. The molecule has 0 fully saturated rings. The lowest BCUT2D eigenvalue weighted by atomic mass is 10.1. The molecule has 0 spiro atoms. The summed E-state index contributed by atoms with van der Waals surface area (Å²) in [5.74, 6) is -0.871. The summed E-state index contributed by atoms with van der Waals surface area (Å²) in [5, 5.41) is 3.55.